The minimum atomic E-state index is -0.166. The van der Waals surface area contributed by atoms with Crippen LogP contribution in [0.2, 0.25) is 5.02 Å². The lowest BCUT2D eigenvalue weighted by atomic mass is 10.0. The van der Waals surface area contributed by atoms with Crippen molar-refractivity contribution in [2.45, 2.75) is 25.4 Å². The second kappa shape index (κ2) is 10.1. The lowest BCUT2D eigenvalue weighted by molar-refractivity contribution is -0.121. The van der Waals surface area contributed by atoms with E-state index in [1.54, 1.807) is 7.11 Å². The molecule has 1 saturated heterocycles. The maximum absolute atomic E-state index is 11.9. The van der Waals surface area contributed by atoms with Crippen molar-refractivity contribution < 1.29 is 9.53 Å². The third-order valence-electron chi connectivity index (χ3n) is 3.93. The van der Waals surface area contributed by atoms with Crippen LogP contribution in [0.15, 0.2) is 24.3 Å². The van der Waals surface area contributed by atoms with Crippen molar-refractivity contribution in [2.75, 3.05) is 26.7 Å². The number of hydrogen-bond acceptors (Lipinski definition) is 3. The van der Waals surface area contributed by atoms with Gasteiger partial charge in [-0.2, -0.15) is 0 Å². The Labute approximate surface area is 143 Å². The van der Waals surface area contributed by atoms with Crippen LogP contribution in [0.3, 0.4) is 0 Å². The molecule has 1 aromatic carbocycles. The second-order valence-corrected chi connectivity index (χ2v) is 5.92. The van der Waals surface area contributed by atoms with Gasteiger partial charge in [0.2, 0.25) is 5.91 Å². The summed E-state index contributed by atoms with van der Waals surface area (Å²) in [4.78, 5) is 11.9. The molecular formula is C16H24Cl2N2O2. The van der Waals surface area contributed by atoms with Gasteiger partial charge in [-0.15, -0.1) is 12.4 Å². The van der Waals surface area contributed by atoms with E-state index < -0.39 is 0 Å². The highest BCUT2D eigenvalue weighted by Gasteiger charge is 2.17. The average Bonchev–Trinajstić information content (AvgIpc) is 2.99. The molecule has 0 saturated carbocycles. The lowest BCUT2D eigenvalue weighted by Crippen LogP contribution is -2.29. The number of hydrogen-bond donors (Lipinski definition) is 2. The highest BCUT2D eigenvalue weighted by Crippen LogP contribution is 2.20. The van der Waals surface area contributed by atoms with Gasteiger partial charge in [-0.1, -0.05) is 23.7 Å². The number of nitrogens with one attached hydrogen (secondary N) is 2. The Morgan fingerprint density at radius 2 is 2.36 bits per heavy atom. The fourth-order valence-electron chi connectivity index (χ4n) is 2.64. The molecule has 2 unspecified atom stereocenters. The highest BCUT2D eigenvalue weighted by atomic mass is 35.5. The average molecular weight is 347 g/mol. The zero-order valence-electron chi connectivity index (χ0n) is 12.8. The molecule has 2 N–H and O–H groups in total. The fourth-order valence-corrected chi connectivity index (χ4v) is 2.83. The summed E-state index contributed by atoms with van der Waals surface area (Å²) < 4.78 is 5.44. The quantitative estimate of drug-likeness (QED) is 0.797. The number of carbonyl (C=O) groups is 1. The number of carbonyl (C=O) groups excluding carboxylic acids is 1. The third-order valence-corrected chi connectivity index (χ3v) is 4.17. The summed E-state index contributed by atoms with van der Waals surface area (Å²) in [6.07, 6.45) is 2.54. The van der Waals surface area contributed by atoms with Crippen LogP contribution in [0, 0.1) is 5.92 Å². The summed E-state index contributed by atoms with van der Waals surface area (Å²) in [6, 6.07) is 7.53. The molecule has 22 heavy (non-hydrogen) atoms. The van der Waals surface area contributed by atoms with Crippen molar-refractivity contribution in [1.82, 2.24) is 10.6 Å². The number of rotatable bonds is 7. The topological polar surface area (TPSA) is 50.4 Å². The van der Waals surface area contributed by atoms with Gasteiger partial charge in [0.1, 0.15) is 0 Å². The predicted octanol–water partition coefficient (Wildman–Crippen LogP) is 2.96. The fraction of sp³-hybridized carbons (Fsp3) is 0.562. The van der Waals surface area contributed by atoms with Gasteiger partial charge in [0.25, 0.3) is 0 Å². The molecule has 1 aliphatic rings. The molecule has 0 radical (unpaired) electrons. The Balaban J connectivity index is 0.00000242. The largest absolute Gasteiger partial charge is 0.375 e. The highest BCUT2D eigenvalue weighted by molar-refractivity contribution is 6.30. The Bertz CT molecular complexity index is 465. The molecule has 1 fully saturated rings. The normalized spacial score (nSPS) is 18.5. The standard InChI is InChI=1S/C16H23ClN2O2.ClH/c1-21-15(13-3-2-4-14(17)9-13)11-19-16(20)6-5-12-7-8-18-10-12;/h2-4,9,12,15,18H,5-8,10-11H2,1H3,(H,19,20);1H. The van der Waals surface area contributed by atoms with E-state index >= 15 is 0 Å². The van der Waals surface area contributed by atoms with Gasteiger partial charge in [0.05, 0.1) is 6.10 Å². The van der Waals surface area contributed by atoms with Crippen LogP contribution in [-0.2, 0) is 9.53 Å². The predicted molar refractivity (Wildman–Crippen MR) is 91.7 cm³/mol. The number of ether oxygens (including phenoxy) is 1. The molecular weight excluding hydrogens is 323 g/mol. The van der Waals surface area contributed by atoms with Crippen LogP contribution >= 0.6 is 24.0 Å². The summed E-state index contributed by atoms with van der Waals surface area (Å²) >= 11 is 5.98. The Morgan fingerprint density at radius 1 is 1.55 bits per heavy atom. The first-order valence-electron chi connectivity index (χ1n) is 7.44. The van der Waals surface area contributed by atoms with Crippen LogP contribution in [0.25, 0.3) is 0 Å². The van der Waals surface area contributed by atoms with E-state index in [-0.39, 0.29) is 24.4 Å². The van der Waals surface area contributed by atoms with Gasteiger partial charge in [0, 0.05) is 25.1 Å². The Kier molecular flexibility index (Phi) is 8.79. The van der Waals surface area contributed by atoms with Crippen molar-refractivity contribution in [3.05, 3.63) is 34.9 Å². The molecule has 6 heteroatoms. The number of benzene rings is 1. The molecule has 0 aromatic heterocycles. The molecule has 0 spiro atoms. The van der Waals surface area contributed by atoms with Gasteiger partial charge in [-0.25, -0.2) is 0 Å². The van der Waals surface area contributed by atoms with Crippen LogP contribution < -0.4 is 10.6 Å². The molecule has 0 bridgehead atoms. The smallest absolute Gasteiger partial charge is 0.220 e. The van der Waals surface area contributed by atoms with Crippen molar-refractivity contribution in [3.63, 3.8) is 0 Å². The van der Waals surface area contributed by atoms with Crippen molar-refractivity contribution >= 4 is 29.9 Å². The molecule has 2 atom stereocenters. The van der Waals surface area contributed by atoms with E-state index in [2.05, 4.69) is 10.6 Å². The van der Waals surface area contributed by atoms with Crippen LogP contribution in [-0.4, -0.2) is 32.7 Å². The minimum absolute atomic E-state index is 0. The van der Waals surface area contributed by atoms with E-state index in [9.17, 15) is 4.79 Å². The molecule has 0 aliphatic carbocycles. The van der Waals surface area contributed by atoms with Gasteiger partial charge in [-0.3, -0.25) is 4.79 Å². The summed E-state index contributed by atoms with van der Waals surface area (Å²) in [5.74, 6) is 0.730. The Morgan fingerprint density at radius 3 is 3.00 bits per heavy atom. The number of methoxy groups -OCH3 is 1. The zero-order valence-corrected chi connectivity index (χ0v) is 14.4. The van der Waals surface area contributed by atoms with Gasteiger partial charge < -0.3 is 15.4 Å². The lowest BCUT2D eigenvalue weighted by Gasteiger charge is -2.17. The van der Waals surface area contributed by atoms with E-state index in [4.69, 9.17) is 16.3 Å². The molecule has 1 aliphatic heterocycles. The van der Waals surface area contributed by atoms with Crippen LogP contribution in [0.1, 0.15) is 30.9 Å². The summed E-state index contributed by atoms with van der Waals surface area (Å²) in [7, 11) is 1.64. The first-order valence-corrected chi connectivity index (χ1v) is 7.82. The van der Waals surface area contributed by atoms with Crippen molar-refractivity contribution in [2.24, 2.45) is 5.92 Å². The van der Waals surface area contributed by atoms with E-state index in [0.717, 1.165) is 25.1 Å². The van der Waals surface area contributed by atoms with Gasteiger partial charge in [0.15, 0.2) is 0 Å². The minimum Gasteiger partial charge on any atom is -0.375 e. The SMILES string of the molecule is COC(CNC(=O)CCC1CCNC1)c1cccc(Cl)c1.Cl. The Hall–Kier alpha value is -0.810. The van der Waals surface area contributed by atoms with E-state index in [1.165, 1.54) is 6.42 Å². The molecule has 1 aromatic rings. The summed E-state index contributed by atoms with van der Waals surface area (Å²) in [6.45, 7) is 2.59. The van der Waals surface area contributed by atoms with Crippen LogP contribution in [0.5, 0.6) is 0 Å². The summed E-state index contributed by atoms with van der Waals surface area (Å²) in [5, 5.41) is 6.94. The van der Waals surface area contributed by atoms with Crippen molar-refractivity contribution in [1.29, 1.82) is 0 Å². The first kappa shape index (κ1) is 19.2. The van der Waals surface area contributed by atoms with E-state index in [0.29, 0.717) is 23.9 Å². The molecule has 124 valence electrons. The maximum atomic E-state index is 11.9. The number of amides is 1. The summed E-state index contributed by atoms with van der Waals surface area (Å²) in [5.41, 5.74) is 0.977. The van der Waals surface area contributed by atoms with E-state index in [1.807, 2.05) is 24.3 Å². The molecule has 1 amide bonds. The molecule has 4 nitrogen and oxygen atoms in total. The molecule has 2 rings (SSSR count). The second-order valence-electron chi connectivity index (χ2n) is 5.48. The van der Waals surface area contributed by atoms with Crippen LogP contribution in [0.4, 0.5) is 0 Å². The van der Waals surface area contributed by atoms with Gasteiger partial charge in [-0.05, 0) is 49.5 Å². The van der Waals surface area contributed by atoms with Gasteiger partial charge >= 0.3 is 0 Å². The zero-order chi connectivity index (χ0) is 15.1. The monoisotopic (exact) mass is 346 g/mol. The third kappa shape index (κ3) is 6.13. The maximum Gasteiger partial charge on any atom is 0.220 e. The first-order chi connectivity index (χ1) is 10.2. The number of halogens is 2. The van der Waals surface area contributed by atoms with Crippen molar-refractivity contribution in [3.8, 4) is 0 Å². The molecule has 1 heterocycles.